The van der Waals surface area contributed by atoms with E-state index in [1.54, 1.807) is 4.90 Å². The van der Waals surface area contributed by atoms with Gasteiger partial charge in [0.2, 0.25) is 5.91 Å². The van der Waals surface area contributed by atoms with Crippen molar-refractivity contribution < 1.29 is 14.3 Å². The molecule has 6 nitrogen and oxygen atoms in total. The van der Waals surface area contributed by atoms with Crippen LogP contribution in [0.3, 0.4) is 0 Å². The van der Waals surface area contributed by atoms with Crippen LogP contribution in [-0.4, -0.2) is 60.5 Å². The summed E-state index contributed by atoms with van der Waals surface area (Å²) in [5.41, 5.74) is 1.48. The van der Waals surface area contributed by atoms with Gasteiger partial charge < -0.3 is 19.4 Å². The van der Waals surface area contributed by atoms with E-state index in [-0.39, 0.29) is 17.3 Å². The van der Waals surface area contributed by atoms with Crippen LogP contribution in [-0.2, 0) is 9.53 Å². The van der Waals surface area contributed by atoms with Crippen LogP contribution in [0.2, 0.25) is 0 Å². The molecule has 0 bridgehead atoms. The second-order valence-corrected chi connectivity index (χ2v) is 8.54. The van der Waals surface area contributed by atoms with E-state index in [9.17, 15) is 9.59 Å². The van der Waals surface area contributed by atoms with Crippen molar-refractivity contribution in [2.24, 2.45) is 0 Å². The van der Waals surface area contributed by atoms with Crippen molar-refractivity contribution in [3.05, 3.63) is 24.3 Å². The van der Waals surface area contributed by atoms with Gasteiger partial charge in [-0.25, -0.2) is 4.79 Å². The molecular formula is C19H27N3O3S. The molecule has 2 heterocycles. The maximum atomic E-state index is 12.3. The smallest absolute Gasteiger partial charge is 0.410 e. The molecular weight excluding hydrogens is 350 g/mol. The number of hydrogen-bond donors (Lipinski definition) is 1. The number of rotatable bonds is 2. The average Bonchev–Trinajstić information content (AvgIpc) is 2.92. The number of thiol groups is 1. The lowest BCUT2D eigenvalue weighted by Crippen LogP contribution is -2.50. The quantitative estimate of drug-likeness (QED) is 0.806. The molecule has 1 atom stereocenters. The molecule has 2 aliphatic rings. The molecule has 2 amide bonds. The number of nitrogens with zero attached hydrogens (tertiary/aromatic N) is 3. The van der Waals surface area contributed by atoms with Crippen LogP contribution >= 0.6 is 12.6 Å². The highest BCUT2D eigenvalue weighted by atomic mass is 32.1. The van der Waals surface area contributed by atoms with Gasteiger partial charge in [-0.2, -0.15) is 12.6 Å². The van der Waals surface area contributed by atoms with Gasteiger partial charge in [-0.1, -0.05) is 12.1 Å². The lowest BCUT2D eigenvalue weighted by atomic mass is 10.2. The first kappa shape index (κ1) is 18.9. The van der Waals surface area contributed by atoms with Crippen molar-refractivity contribution in [1.29, 1.82) is 0 Å². The van der Waals surface area contributed by atoms with Gasteiger partial charge in [-0.05, 0) is 32.9 Å². The summed E-state index contributed by atoms with van der Waals surface area (Å²) in [5, 5.41) is 0.0829. The normalized spacial score (nSPS) is 21.3. The zero-order valence-electron chi connectivity index (χ0n) is 15.6. The summed E-state index contributed by atoms with van der Waals surface area (Å²) in [5.74, 6) is 0.116. The minimum atomic E-state index is -0.486. The molecule has 3 rings (SSSR count). The summed E-state index contributed by atoms with van der Waals surface area (Å²) >= 11 is 4.46. The highest BCUT2D eigenvalue weighted by molar-refractivity contribution is 7.81. The number of ether oxygens (including phenoxy) is 1. The highest BCUT2D eigenvalue weighted by Gasteiger charge is 2.32. The number of piperazine rings is 1. The van der Waals surface area contributed by atoms with Crippen molar-refractivity contribution in [2.75, 3.05) is 42.5 Å². The average molecular weight is 378 g/mol. The Morgan fingerprint density at radius 2 is 1.73 bits per heavy atom. The van der Waals surface area contributed by atoms with E-state index >= 15 is 0 Å². The summed E-state index contributed by atoms with van der Waals surface area (Å²) < 4.78 is 5.46. The lowest BCUT2D eigenvalue weighted by molar-refractivity contribution is -0.117. The van der Waals surface area contributed by atoms with Gasteiger partial charge in [0.15, 0.2) is 0 Å². The Hall–Kier alpha value is -1.89. The van der Waals surface area contributed by atoms with Crippen molar-refractivity contribution in [3.63, 3.8) is 0 Å². The molecule has 0 N–H and O–H groups in total. The molecule has 1 unspecified atom stereocenters. The first-order valence-electron chi connectivity index (χ1n) is 9.05. The summed E-state index contributed by atoms with van der Waals surface area (Å²) in [6.45, 7) is 8.89. The zero-order chi connectivity index (χ0) is 18.9. The van der Waals surface area contributed by atoms with Gasteiger partial charge in [-0.3, -0.25) is 4.79 Å². The molecule has 7 heteroatoms. The Kier molecular flexibility index (Phi) is 5.37. The fraction of sp³-hybridized carbons (Fsp3) is 0.579. The first-order valence-corrected chi connectivity index (χ1v) is 9.56. The molecule has 0 aliphatic carbocycles. The molecule has 0 aromatic heterocycles. The number of carbonyl (C=O) groups is 2. The second-order valence-electron chi connectivity index (χ2n) is 7.81. The van der Waals surface area contributed by atoms with Gasteiger partial charge in [0.05, 0.1) is 11.4 Å². The predicted molar refractivity (Wildman–Crippen MR) is 106 cm³/mol. The summed E-state index contributed by atoms with van der Waals surface area (Å²) in [6.07, 6.45) is 0.210. The fourth-order valence-corrected chi connectivity index (χ4v) is 3.66. The molecule has 1 aromatic rings. The molecule has 142 valence electrons. The minimum absolute atomic E-state index is 0.0829. The molecule has 26 heavy (non-hydrogen) atoms. The van der Waals surface area contributed by atoms with Crippen LogP contribution in [0.5, 0.6) is 0 Å². The van der Waals surface area contributed by atoms with Crippen molar-refractivity contribution >= 4 is 36.0 Å². The SMILES string of the molecule is CC(C)(C)OC(=O)N1CCN(c2ccccc2N2CC(S)CC2=O)CC1. The Labute approximate surface area is 160 Å². The maximum absolute atomic E-state index is 12.3. The van der Waals surface area contributed by atoms with Gasteiger partial charge in [0.25, 0.3) is 0 Å². The molecule has 0 saturated carbocycles. The highest BCUT2D eigenvalue weighted by Crippen LogP contribution is 2.33. The third kappa shape index (κ3) is 4.26. The van der Waals surface area contributed by atoms with Gasteiger partial charge in [0.1, 0.15) is 5.60 Å². The van der Waals surface area contributed by atoms with Crippen LogP contribution in [0.25, 0.3) is 0 Å². The Morgan fingerprint density at radius 3 is 2.27 bits per heavy atom. The number of hydrogen-bond acceptors (Lipinski definition) is 5. The zero-order valence-corrected chi connectivity index (χ0v) is 16.5. The second kappa shape index (κ2) is 7.39. The number of carbonyl (C=O) groups excluding carboxylic acids is 2. The Bertz CT molecular complexity index is 681. The van der Waals surface area contributed by atoms with Crippen LogP contribution in [0, 0.1) is 0 Å². The van der Waals surface area contributed by atoms with E-state index in [4.69, 9.17) is 4.74 Å². The molecule has 2 fully saturated rings. The van der Waals surface area contributed by atoms with E-state index < -0.39 is 5.60 Å². The largest absolute Gasteiger partial charge is 0.444 e. The molecule has 2 saturated heterocycles. The topological polar surface area (TPSA) is 53.1 Å². The van der Waals surface area contributed by atoms with E-state index in [0.29, 0.717) is 39.1 Å². The monoisotopic (exact) mass is 377 g/mol. The summed E-state index contributed by atoms with van der Waals surface area (Å²) in [4.78, 5) is 30.3. The van der Waals surface area contributed by atoms with E-state index in [2.05, 4.69) is 17.5 Å². The number of anilines is 2. The number of benzene rings is 1. The number of amides is 2. The fourth-order valence-electron chi connectivity index (χ4n) is 3.34. The third-order valence-electron chi connectivity index (χ3n) is 4.55. The van der Waals surface area contributed by atoms with Gasteiger partial charge >= 0.3 is 6.09 Å². The molecule has 2 aliphatic heterocycles. The predicted octanol–water partition coefficient (Wildman–Crippen LogP) is 2.78. The molecule has 1 aromatic carbocycles. The van der Waals surface area contributed by atoms with Gasteiger partial charge in [-0.15, -0.1) is 0 Å². The Morgan fingerprint density at radius 1 is 1.12 bits per heavy atom. The van der Waals surface area contributed by atoms with E-state index in [0.717, 1.165) is 11.4 Å². The lowest BCUT2D eigenvalue weighted by Gasteiger charge is -2.38. The van der Waals surface area contributed by atoms with Crippen LogP contribution in [0.15, 0.2) is 24.3 Å². The van der Waals surface area contributed by atoms with Crippen LogP contribution in [0.1, 0.15) is 27.2 Å². The van der Waals surface area contributed by atoms with Crippen molar-refractivity contribution in [1.82, 2.24) is 4.90 Å². The van der Waals surface area contributed by atoms with Gasteiger partial charge in [0, 0.05) is 44.4 Å². The standard InChI is InChI=1S/C19H27N3O3S/c1-19(2,3)25-18(24)21-10-8-20(9-11-21)15-6-4-5-7-16(15)22-13-14(26)12-17(22)23/h4-7,14,26H,8-13H2,1-3H3. The van der Waals surface area contributed by atoms with Crippen LogP contribution in [0.4, 0.5) is 16.2 Å². The minimum Gasteiger partial charge on any atom is -0.444 e. The van der Waals surface area contributed by atoms with Crippen LogP contribution < -0.4 is 9.80 Å². The molecule has 0 radical (unpaired) electrons. The van der Waals surface area contributed by atoms with E-state index in [1.165, 1.54) is 0 Å². The number of para-hydroxylation sites is 2. The maximum Gasteiger partial charge on any atom is 0.410 e. The third-order valence-corrected chi connectivity index (χ3v) is 4.90. The summed E-state index contributed by atoms with van der Waals surface area (Å²) in [7, 11) is 0. The molecule has 0 spiro atoms. The van der Waals surface area contributed by atoms with E-state index in [1.807, 2.05) is 49.9 Å². The van der Waals surface area contributed by atoms with Crippen molar-refractivity contribution in [2.45, 2.75) is 38.0 Å². The first-order chi connectivity index (χ1) is 12.2. The Balaban J connectivity index is 1.69. The summed E-state index contributed by atoms with van der Waals surface area (Å²) in [6, 6.07) is 7.96. The van der Waals surface area contributed by atoms with Crippen molar-refractivity contribution in [3.8, 4) is 0 Å².